The minimum absolute atomic E-state index is 0.0397. The van der Waals surface area contributed by atoms with Gasteiger partial charge in [-0.25, -0.2) is 0 Å². The molecule has 0 spiro atoms. The highest BCUT2D eigenvalue weighted by Crippen LogP contribution is 2.31. The van der Waals surface area contributed by atoms with E-state index in [0.29, 0.717) is 4.88 Å². The molecule has 0 aromatic carbocycles. The van der Waals surface area contributed by atoms with Crippen molar-refractivity contribution in [1.82, 2.24) is 4.90 Å². The van der Waals surface area contributed by atoms with E-state index in [4.69, 9.17) is 10.2 Å². The predicted molar refractivity (Wildman–Crippen MR) is 66.2 cm³/mol. The van der Waals surface area contributed by atoms with Crippen molar-refractivity contribution in [3.05, 3.63) is 27.1 Å². The molecule has 8 nitrogen and oxygen atoms in total. The SMILES string of the molecule is CN(CCC(=O)O)C(C(=O)O)c1ccc([N+](=O)[O-])s1. The second-order valence-electron chi connectivity index (χ2n) is 3.80. The number of hydrogen-bond donors (Lipinski definition) is 2. The van der Waals surface area contributed by atoms with E-state index >= 15 is 0 Å². The van der Waals surface area contributed by atoms with Crippen molar-refractivity contribution in [3.8, 4) is 0 Å². The number of carboxylic acid groups (broad SMARTS) is 2. The van der Waals surface area contributed by atoms with Gasteiger partial charge >= 0.3 is 16.9 Å². The average molecular weight is 288 g/mol. The quantitative estimate of drug-likeness (QED) is 0.570. The molecule has 0 radical (unpaired) electrons. The Morgan fingerprint density at radius 2 is 2.11 bits per heavy atom. The number of likely N-dealkylation sites (N-methyl/N-ethyl adjacent to an activating group) is 1. The summed E-state index contributed by atoms with van der Waals surface area (Å²) in [5, 5.41) is 28.2. The van der Waals surface area contributed by atoms with Crippen LogP contribution in [0.25, 0.3) is 0 Å². The summed E-state index contributed by atoms with van der Waals surface area (Å²) >= 11 is 0.771. The van der Waals surface area contributed by atoms with Gasteiger partial charge in [-0.3, -0.25) is 24.6 Å². The van der Waals surface area contributed by atoms with Crippen LogP contribution in [0.3, 0.4) is 0 Å². The van der Waals surface area contributed by atoms with Gasteiger partial charge in [0.25, 0.3) is 0 Å². The van der Waals surface area contributed by atoms with Crippen molar-refractivity contribution in [2.24, 2.45) is 0 Å². The summed E-state index contributed by atoms with van der Waals surface area (Å²) in [6, 6.07) is 1.53. The number of carboxylic acids is 2. The van der Waals surface area contributed by atoms with Crippen LogP contribution in [0.4, 0.5) is 5.00 Å². The number of rotatable bonds is 7. The van der Waals surface area contributed by atoms with Gasteiger partial charge in [0.1, 0.15) is 6.04 Å². The van der Waals surface area contributed by atoms with E-state index in [1.807, 2.05) is 0 Å². The van der Waals surface area contributed by atoms with Gasteiger partial charge in [0.15, 0.2) is 0 Å². The first-order valence-electron chi connectivity index (χ1n) is 5.22. The van der Waals surface area contributed by atoms with E-state index in [2.05, 4.69) is 0 Å². The minimum atomic E-state index is -1.18. The smallest absolute Gasteiger partial charge is 0.326 e. The van der Waals surface area contributed by atoms with E-state index in [9.17, 15) is 19.7 Å². The molecule has 0 aliphatic carbocycles. The van der Waals surface area contributed by atoms with Crippen LogP contribution in [0, 0.1) is 10.1 Å². The van der Waals surface area contributed by atoms with Gasteiger partial charge in [0, 0.05) is 17.5 Å². The molecule has 1 rings (SSSR count). The highest BCUT2D eigenvalue weighted by molar-refractivity contribution is 7.15. The summed E-state index contributed by atoms with van der Waals surface area (Å²) < 4.78 is 0. The van der Waals surface area contributed by atoms with E-state index in [1.54, 1.807) is 0 Å². The van der Waals surface area contributed by atoms with Crippen LogP contribution >= 0.6 is 11.3 Å². The topological polar surface area (TPSA) is 121 Å². The molecule has 0 aliphatic heterocycles. The van der Waals surface area contributed by atoms with Crippen LogP contribution in [0.5, 0.6) is 0 Å². The second kappa shape index (κ2) is 6.25. The lowest BCUT2D eigenvalue weighted by atomic mass is 10.2. The number of nitro groups is 1. The Bertz CT molecular complexity index is 500. The largest absolute Gasteiger partial charge is 0.481 e. The number of carbonyl (C=O) groups is 2. The highest BCUT2D eigenvalue weighted by atomic mass is 32.1. The molecule has 1 heterocycles. The Labute approximate surface area is 112 Å². The summed E-state index contributed by atoms with van der Waals surface area (Å²) in [5.74, 6) is -2.21. The first-order valence-corrected chi connectivity index (χ1v) is 6.03. The molecule has 104 valence electrons. The first-order chi connectivity index (χ1) is 8.82. The molecule has 2 N–H and O–H groups in total. The Morgan fingerprint density at radius 1 is 1.47 bits per heavy atom. The second-order valence-corrected chi connectivity index (χ2v) is 4.89. The van der Waals surface area contributed by atoms with Crippen LogP contribution in [0.2, 0.25) is 0 Å². The van der Waals surface area contributed by atoms with Gasteiger partial charge in [0.05, 0.1) is 11.3 Å². The fourth-order valence-electron chi connectivity index (χ4n) is 1.52. The van der Waals surface area contributed by atoms with Gasteiger partial charge in [-0.1, -0.05) is 11.3 Å². The van der Waals surface area contributed by atoms with Gasteiger partial charge in [-0.05, 0) is 13.1 Å². The van der Waals surface area contributed by atoms with Crippen LogP contribution in [-0.4, -0.2) is 45.6 Å². The summed E-state index contributed by atoms with van der Waals surface area (Å²) in [6.45, 7) is 0.0397. The number of hydrogen-bond acceptors (Lipinski definition) is 6. The predicted octanol–water partition coefficient (Wildman–Crippen LogP) is 1.19. The number of aliphatic carboxylic acids is 2. The molecule has 0 saturated heterocycles. The standard InChI is InChI=1S/C10H12N2O6S/c1-11(5-4-8(13)14)9(10(15)16)6-2-3-7(19-6)12(17)18/h2-3,9H,4-5H2,1H3,(H,13,14)(H,15,16). The monoisotopic (exact) mass is 288 g/mol. The Hall–Kier alpha value is -2.00. The zero-order valence-electron chi connectivity index (χ0n) is 9.98. The summed E-state index contributed by atoms with van der Waals surface area (Å²) in [6.07, 6.45) is -0.201. The zero-order valence-corrected chi connectivity index (χ0v) is 10.8. The third-order valence-corrected chi connectivity index (χ3v) is 3.50. The van der Waals surface area contributed by atoms with Crippen molar-refractivity contribution in [3.63, 3.8) is 0 Å². The Kier molecular flexibility index (Phi) is 4.95. The number of thiophene rings is 1. The lowest BCUT2D eigenvalue weighted by Crippen LogP contribution is -2.32. The maximum atomic E-state index is 11.2. The maximum absolute atomic E-state index is 11.2. The van der Waals surface area contributed by atoms with Gasteiger partial charge in [0.2, 0.25) is 0 Å². The lowest BCUT2D eigenvalue weighted by Gasteiger charge is -2.22. The van der Waals surface area contributed by atoms with Gasteiger partial charge < -0.3 is 10.2 Å². The highest BCUT2D eigenvalue weighted by Gasteiger charge is 2.28. The fourth-order valence-corrected chi connectivity index (χ4v) is 2.50. The minimum Gasteiger partial charge on any atom is -0.481 e. The molecule has 0 amide bonds. The van der Waals surface area contributed by atoms with E-state index in [-0.39, 0.29) is 18.0 Å². The lowest BCUT2D eigenvalue weighted by molar-refractivity contribution is -0.380. The molecule has 1 aromatic rings. The summed E-state index contributed by atoms with van der Waals surface area (Å²) in [5.41, 5.74) is 0. The van der Waals surface area contributed by atoms with Crippen molar-refractivity contribution in [2.45, 2.75) is 12.5 Å². The van der Waals surface area contributed by atoms with Crippen LogP contribution in [0.15, 0.2) is 12.1 Å². The molecule has 1 unspecified atom stereocenters. The fraction of sp³-hybridized carbons (Fsp3) is 0.400. The molecule has 0 aliphatic rings. The maximum Gasteiger partial charge on any atom is 0.326 e. The summed E-state index contributed by atoms with van der Waals surface area (Å²) in [4.78, 5) is 33.3. The van der Waals surface area contributed by atoms with Crippen LogP contribution in [-0.2, 0) is 9.59 Å². The normalized spacial score (nSPS) is 12.3. The van der Waals surface area contributed by atoms with E-state index in [0.717, 1.165) is 11.3 Å². The third-order valence-electron chi connectivity index (χ3n) is 2.42. The Morgan fingerprint density at radius 3 is 2.53 bits per heavy atom. The molecule has 9 heteroatoms. The molecule has 0 bridgehead atoms. The van der Waals surface area contributed by atoms with Crippen LogP contribution in [0.1, 0.15) is 17.3 Å². The number of nitrogens with zero attached hydrogens (tertiary/aromatic N) is 2. The molecular formula is C10H12N2O6S. The van der Waals surface area contributed by atoms with Crippen molar-refractivity contribution < 1.29 is 24.7 Å². The molecule has 0 saturated carbocycles. The Balaban J connectivity index is 2.89. The van der Waals surface area contributed by atoms with Crippen LogP contribution < -0.4 is 0 Å². The molecule has 0 fully saturated rings. The van der Waals surface area contributed by atoms with E-state index < -0.39 is 22.9 Å². The molecule has 1 atom stereocenters. The van der Waals surface area contributed by atoms with Crippen molar-refractivity contribution in [1.29, 1.82) is 0 Å². The van der Waals surface area contributed by atoms with Gasteiger partial charge in [-0.2, -0.15) is 0 Å². The molecule has 1 aromatic heterocycles. The zero-order chi connectivity index (χ0) is 14.6. The third kappa shape index (κ3) is 4.00. The molecular weight excluding hydrogens is 276 g/mol. The molecule has 19 heavy (non-hydrogen) atoms. The first kappa shape index (κ1) is 15.1. The van der Waals surface area contributed by atoms with Crippen molar-refractivity contribution in [2.75, 3.05) is 13.6 Å². The van der Waals surface area contributed by atoms with Gasteiger partial charge in [-0.15, -0.1) is 0 Å². The van der Waals surface area contributed by atoms with E-state index in [1.165, 1.54) is 24.1 Å². The average Bonchev–Trinajstić information content (AvgIpc) is 2.75. The van der Waals surface area contributed by atoms with Crippen molar-refractivity contribution >= 4 is 28.3 Å². The summed E-state index contributed by atoms with van der Waals surface area (Å²) in [7, 11) is 1.47.